The fraction of sp³-hybridized carbons (Fsp3) is 0.444. The molecule has 0 saturated heterocycles. The molecule has 1 aromatic heterocycles. The van der Waals surface area contributed by atoms with Crippen LogP contribution in [0, 0.1) is 11.8 Å². The van der Waals surface area contributed by atoms with Gasteiger partial charge in [-0.3, -0.25) is 9.48 Å². The molecule has 1 amide bonds. The second kappa shape index (κ2) is 7.94. The third-order valence-corrected chi connectivity index (χ3v) is 5.16. The van der Waals surface area contributed by atoms with Gasteiger partial charge in [0, 0.05) is 24.3 Å². The van der Waals surface area contributed by atoms with E-state index in [0.29, 0.717) is 12.5 Å². The van der Waals surface area contributed by atoms with Crippen LogP contribution >= 0.6 is 15.9 Å². The molecule has 1 saturated carbocycles. The molecule has 1 aliphatic carbocycles. The lowest BCUT2D eigenvalue weighted by molar-refractivity contribution is -0.120. The Morgan fingerprint density at radius 2 is 2.12 bits per heavy atom. The number of halogens is 1. The summed E-state index contributed by atoms with van der Waals surface area (Å²) in [6, 6.07) is 8.06. The van der Waals surface area contributed by atoms with Crippen molar-refractivity contribution < 1.29 is 4.79 Å². The van der Waals surface area contributed by atoms with Gasteiger partial charge in [0.1, 0.15) is 0 Å². The van der Waals surface area contributed by atoms with Crippen molar-refractivity contribution in [1.29, 1.82) is 0 Å². The third-order valence-electron chi connectivity index (χ3n) is 4.75. The summed E-state index contributed by atoms with van der Waals surface area (Å²) in [5.74, 6) is 0.502. The number of hydrogen-bond donors (Lipinski definition) is 2. The topological polar surface area (TPSA) is 72.9 Å². The third kappa shape index (κ3) is 4.24. The summed E-state index contributed by atoms with van der Waals surface area (Å²) >= 11 is 3.40. The molecule has 1 fully saturated rings. The summed E-state index contributed by atoms with van der Waals surface area (Å²) in [6.45, 7) is 1.43. The smallest absolute Gasteiger partial charge is 0.227 e. The van der Waals surface area contributed by atoms with Crippen LogP contribution in [0.1, 0.15) is 24.8 Å². The number of nitrogens with one attached hydrogen (secondary N) is 1. The highest BCUT2D eigenvalue weighted by atomic mass is 79.9. The molecular weight excluding hydrogens is 368 g/mol. The van der Waals surface area contributed by atoms with Gasteiger partial charge in [0.2, 0.25) is 5.91 Å². The zero-order valence-corrected chi connectivity index (χ0v) is 15.2. The van der Waals surface area contributed by atoms with Crippen molar-refractivity contribution >= 4 is 27.5 Å². The zero-order chi connectivity index (χ0) is 16.9. The molecule has 3 N–H and O–H groups in total. The van der Waals surface area contributed by atoms with Crippen molar-refractivity contribution in [3.8, 4) is 0 Å². The Labute approximate surface area is 150 Å². The second-order valence-corrected chi connectivity index (χ2v) is 7.31. The van der Waals surface area contributed by atoms with E-state index >= 15 is 0 Å². The number of hydrogen-bond acceptors (Lipinski definition) is 3. The monoisotopic (exact) mass is 390 g/mol. The van der Waals surface area contributed by atoms with Crippen molar-refractivity contribution in [2.45, 2.75) is 32.2 Å². The lowest BCUT2D eigenvalue weighted by Gasteiger charge is -2.17. The first-order chi connectivity index (χ1) is 11.7. The van der Waals surface area contributed by atoms with E-state index in [0.717, 1.165) is 42.4 Å². The maximum absolute atomic E-state index is 12.4. The summed E-state index contributed by atoms with van der Waals surface area (Å²) in [5.41, 5.74) is 7.85. The number of aromatic nitrogens is 2. The van der Waals surface area contributed by atoms with Gasteiger partial charge < -0.3 is 11.1 Å². The molecule has 0 aliphatic heterocycles. The van der Waals surface area contributed by atoms with E-state index in [2.05, 4.69) is 38.5 Å². The number of anilines is 1. The molecule has 2 atom stereocenters. The number of carbonyl (C=O) groups is 1. The van der Waals surface area contributed by atoms with Crippen molar-refractivity contribution in [2.75, 3.05) is 11.9 Å². The average Bonchev–Trinajstić information content (AvgIpc) is 3.22. The minimum Gasteiger partial charge on any atom is -0.330 e. The van der Waals surface area contributed by atoms with Crippen LogP contribution in [-0.4, -0.2) is 22.2 Å². The van der Waals surface area contributed by atoms with E-state index in [1.165, 1.54) is 5.56 Å². The normalized spacial score (nSPS) is 20.2. The predicted octanol–water partition coefficient (Wildman–Crippen LogP) is 3.20. The molecule has 2 aromatic rings. The van der Waals surface area contributed by atoms with Crippen LogP contribution in [0.15, 0.2) is 41.1 Å². The standard InChI is InChI=1S/C18H23BrN4O/c19-15-11-21-23(12-15)9-8-13-4-6-16(7-5-13)22-18(24)17-3-1-2-14(17)10-20/h4-7,11-12,14,17H,1-3,8-10,20H2,(H,22,24)/t14-,17-/m1/s1. The number of amides is 1. The van der Waals surface area contributed by atoms with Gasteiger partial charge in [0.05, 0.1) is 10.7 Å². The maximum Gasteiger partial charge on any atom is 0.227 e. The van der Waals surface area contributed by atoms with Gasteiger partial charge in [-0.05, 0) is 65.4 Å². The summed E-state index contributed by atoms with van der Waals surface area (Å²) in [5, 5.41) is 7.28. The Hall–Kier alpha value is -1.66. The SMILES string of the molecule is NC[C@H]1CCC[C@H]1C(=O)Nc1ccc(CCn2cc(Br)cn2)cc1. The molecule has 0 radical (unpaired) electrons. The van der Waals surface area contributed by atoms with Crippen molar-refractivity contribution in [1.82, 2.24) is 9.78 Å². The predicted molar refractivity (Wildman–Crippen MR) is 98.6 cm³/mol. The summed E-state index contributed by atoms with van der Waals surface area (Å²) in [6.07, 6.45) is 7.77. The van der Waals surface area contributed by atoms with E-state index in [1.807, 2.05) is 23.0 Å². The summed E-state index contributed by atoms with van der Waals surface area (Å²) < 4.78 is 2.90. The van der Waals surface area contributed by atoms with Crippen LogP contribution < -0.4 is 11.1 Å². The fourth-order valence-electron chi connectivity index (χ4n) is 3.36. The van der Waals surface area contributed by atoms with Crippen LogP contribution in [-0.2, 0) is 17.8 Å². The van der Waals surface area contributed by atoms with Crippen molar-refractivity contribution in [2.24, 2.45) is 17.6 Å². The Balaban J connectivity index is 1.53. The highest BCUT2D eigenvalue weighted by molar-refractivity contribution is 9.10. The molecule has 0 spiro atoms. The molecular formula is C18H23BrN4O. The van der Waals surface area contributed by atoms with E-state index in [1.54, 1.807) is 6.20 Å². The maximum atomic E-state index is 12.4. The Bertz CT molecular complexity index is 683. The second-order valence-electron chi connectivity index (χ2n) is 6.39. The summed E-state index contributed by atoms with van der Waals surface area (Å²) in [4.78, 5) is 12.4. The van der Waals surface area contributed by atoms with Crippen LogP contribution in [0.4, 0.5) is 5.69 Å². The zero-order valence-electron chi connectivity index (χ0n) is 13.6. The number of benzene rings is 1. The first kappa shape index (κ1) is 17.2. The largest absolute Gasteiger partial charge is 0.330 e. The number of nitrogens with zero attached hydrogens (tertiary/aromatic N) is 2. The molecule has 1 aromatic carbocycles. The van der Waals surface area contributed by atoms with Gasteiger partial charge in [-0.2, -0.15) is 5.10 Å². The quantitative estimate of drug-likeness (QED) is 0.794. The molecule has 0 bridgehead atoms. The Morgan fingerprint density at radius 3 is 2.79 bits per heavy atom. The number of carbonyl (C=O) groups excluding carboxylic acids is 1. The minimum absolute atomic E-state index is 0.0629. The summed E-state index contributed by atoms with van der Waals surface area (Å²) in [7, 11) is 0. The van der Waals surface area contributed by atoms with Gasteiger partial charge in [-0.25, -0.2) is 0 Å². The first-order valence-electron chi connectivity index (χ1n) is 8.43. The van der Waals surface area contributed by atoms with Crippen molar-refractivity contribution in [3.05, 3.63) is 46.7 Å². The molecule has 5 nitrogen and oxygen atoms in total. The molecule has 0 unspecified atom stereocenters. The number of rotatable bonds is 6. The highest BCUT2D eigenvalue weighted by Gasteiger charge is 2.31. The minimum atomic E-state index is 0.0629. The van der Waals surface area contributed by atoms with Gasteiger partial charge in [-0.15, -0.1) is 0 Å². The van der Waals surface area contributed by atoms with Gasteiger partial charge in [-0.1, -0.05) is 18.6 Å². The Morgan fingerprint density at radius 1 is 1.33 bits per heavy atom. The molecule has 1 aliphatic rings. The average molecular weight is 391 g/mol. The van der Waals surface area contributed by atoms with E-state index in [-0.39, 0.29) is 11.8 Å². The number of aryl methyl sites for hydroxylation is 2. The fourth-order valence-corrected chi connectivity index (χ4v) is 3.69. The van der Waals surface area contributed by atoms with Gasteiger partial charge >= 0.3 is 0 Å². The van der Waals surface area contributed by atoms with Crippen molar-refractivity contribution in [3.63, 3.8) is 0 Å². The lowest BCUT2D eigenvalue weighted by Crippen LogP contribution is -2.29. The van der Waals surface area contributed by atoms with Gasteiger partial charge in [0.25, 0.3) is 0 Å². The molecule has 6 heteroatoms. The van der Waals surface area contributed by atoms with Crippen LogP contribution in [0.3, 0.4) is 0 Å². The van der Waals surface area contributed by atoms with Crippen LogP contribution in [0.25, 0.3) is 0 Å². The number of nitrogens with two attached hydrogens (primary N) is 1. The van der Waals surface area contributed by atoms with Crippen LogP contribution in [0.2, 0.25) is 0 Å². The lowest BCUT2D eigenvalue weighted by atomic mass is 9.95. The molecule has 1 heterocycles. The van der Waals surface area contributed by atoms with E-state index in [4.69, 9.17) is 5.73 Å². The molecule has 24 heavy (non-hydrogen) atoms. The van der Waals surface area contributed by atoms with Gasteiger partial charge in [0.15, 0.2) is 0 Å². The van der Waals surface area contributed by atoms with Crippen LogP contribution in [0.5, 0.6) is 0 Å². The first-order valence-corrected chi connectivity index (χ1v) is 9.23. The van der Waals surface area contributed by atoms with E-state index in [9.17, 15) is 4.79 Å². The highest BCUT2D eigenvalue weighted by Crippen LogP contribution is 2.31. The van der Waals surface area contributed by atoms with E-state index < -0.39 is 0 Å². The Kier molecular flexibility index (Phi) is 5.68. The molecule has 3 rings (SSSR count). The molecule has 128 valence electrons.